The lowest BCUT2D eigenvalue weighted by atomic mass is 9.91. The van der Waals surface area contributed by atoms with E-state index in [4.69, 9.17) is 4.74 Å². The summed E-state index contributed by atoms with van der Waals surface area (Å²) in [6.07, 6.45) is -2.21. The Hall–Kier alpha value is -1.07. The summed E-state index contributed by atoms with van der Waals surface area (Å²) in [5.74, 6) is 0.407. The molecule has 20 heavy (non-hydrogen) atoms. The highest BCUT2D eigenvalue weighted by atomic mass is 19.4. The maximum absolute atomic E-state index is 12.6. The summed E-state index contributed by atoms with van der Waals surface area (Å²) < 4.78 is 43.1. The van der Waals surface area contributed by atoms with E-state index in [0.29, 0.717) is 31.1 Å². The molecule has 0 aromatic heterocycles. The quantitative estimate of drug-likeness (QED) is 0.920. The van der Waals surface area contributed by atoms with Crippen molar-refractivity contribution >= 4 is 0 Å². The van der Waals surface area contributed by atoms with Crippen LogP contribution in [0.2, 0.25) is 0 Å². The van der Waals surface area contributed by atoms with E-state index in [1.807, 2.05) is 0 Å². The molecule has 2 nitrogen and oxygen atoms in total. The molecule has 1 N–H and O–H groups in total. The van der Waals surface area contributed by atoms with Crippen LogP contribution in [-0.4, -0.2) is 24.4 Å². The molecule has 1 heterocycles. The lowest BCUT2D eigenvalue weighted by Gasteiger charge is -2.24. The molecule has 1 saturated heterocycles. The monoisotopic (exact) mass is 288 g/mol. The highest BCUT2D eigenvalue weighted by molar-refractivity contribution is 5.26. The van der Waals surface area contributed by atoms with Crippen LogP contribution in [0.15, 0.2) is 24.3 Å². The fourth-order valence-corrected chi connectivity index (χ4v) is 2.60. The van der Waals surface area contributed by atoms with Crippen LogP contribution in [-0.2, 0) is 17.3 Å². The number of benzene rings is 1. The summed E-state index contributed by atoms with van der Waals surface area (Å²) in [6.45, 7) is 1.42. The first-order valence-electron chi connectivity index (χ1n) is 6.87. The average Bonchev–Trinajstić information content (AvgIpc) is 2.39. The number of alkyl halides is 3. The Labute approximate surface area is 116 Å². The van der Waals surface area contributed by atoms with E-state index in [1.165, 1.54) is 6.07 Å². The largest absolute Gasteiger partial charge is 0.416 e. The van der Waals surface area contributed by atoms with Crippen molar-refractivity contribution in [2.24, 2.45) is 5.92 Å². The highest BCUT2D eigenvalue weighted by Gasteiger charge is 2.30. The van der Waals surface area contributed by atoms with Gasteiger partial charge in [0.1, 0.15) is 0 Å². The summed E-state index contributed by atoms with van der Waals surface area (Å²) in [7, 11) is 0. The molecule has 0 saturated carbocycles. The Morgan fingerprint density at radius 2 is 1.95 bits per heavy atom. The zero-order valence-corrected chi connectivity index (χ0v) is 11.2. The molecular formula is C15H19F3O2. The van der Waals surface area contributed by atoms with Crippen molar-refractivity contribution in [1.29, 1.82) is 0 Å². The predicted molar refractivity (Wildman–Crippen MR) is 69.3 cm³/mol. The molecule has 1 aliphatic heterocycles. The molecule has 5 heteroatoms. The topological polar surface area (TPSA) is 29.5 Å². The van der Waals surface area contributed by atoms with Gasteiger partial charge < -0.3 is 9.84 Å². The molecule has 1 aromatic carbocycles. The number of aliphatic hydroxyl groups is 1. The third kappa shape index (κ3) is 4.49. The van der Waals surface area contributed by atoms with E-state index in [9.17, 15) is 18.3 Å². The van der Waals surface area contributed by atoms with Crippen LogP contribution in [0.25, 0.3) is 0 Å². The number of hydrogen-bond acceptors (Lipinski definition) is 2. The molecule has 1 fully saturated rings. The average molecular weight is 288 g/mol. The normalized spacial score (nSPS) is 19.0. The van der Waals surface area contributed by atoms with Gasteiger partial charge in [-0.3, -0.25) is 0 Å². The molecule has 1 aliphatic rings. The smallest absolute Gasteiger partial charge is 0.393 e. The summed E-state index contributed by atoms with van der Waals surface area (Å²) >= 11 is 0. The second-order valence-electron chi connectivity index (χ2n) is 5.35. The standard InChI is InChI=1S/C15H19F3O2/c16-15(17,18)13-3-1-2-12(8-13)10-14(19)9-11-4-6-20-7-5-11/h1-3,8,11,14,19H,4-7,9-10H2. The van der Waals surface area contributed by atoms with Gasteiger partial charge >= 0.3 is 6.18 Å². The summed E-state index contributed by atoms with van der Waals surface area (Å²) in [5.41, 5.74) is -0.132. The van der Waals surface area contributed by atoms with Gasteiger partial charge in [-0.1, -0.05) is 18.2 Å². The number of rotatable bonds is 4. The molecule has 0 aliphatic carbocycles. The minimum absolute atomic E-state index is 0.265. The summed E-state index contributed by atoms with van der Waals surface area (Å²) in [6, 6.07) is 5.18. The molecule has 0 radical (unpaired) electrons. The zero-order chi connectivity index (χ0) is 14.6. The Morgan fingerprint density at radius 3 is 2.60 bits per heavy atom. The second-order valence-corrected chi connectivity index (χ2v) is 5.35. The van der Waals surface area contributed by atoms with Crippen molar-refractivity contribution in [2.45, 2.75) is 38.0 Å². The third-order valence-corrected chi connectivity index (χ3v) is 3.67. The molecule has 2 rings (SSSR count). The van der Waals surface area contributed by atoms with Crippen molar-refractivity contribution in [3.63, 3.8) is 0 Å². The minimum atomic E-state index is -4.33. The van der Waals surface area contributed by atoms with Crippen molar-refractivity contribution in [1.82, 2.24) is 0 Å². The fourth-order valence-electron chi connectivity index (χ4n) is 2.60. The Balaban J connectivity index is 1.92. The third-order valence-electron chi connectivity index (χ3n) is 3.67. The van der Waals surface area contributed by atoms with Crippen molar-refractivity contribution in [3.05, 3.63) is 35.4 Å². The van der Waals surface area contributed by atoms with E-state index >= 15 is 0 Å². The van der Waals surface area contributed by atoms with E-state index in [1.54, 1.807) is 6.07 Å². The predicted octanol–water partition coefficient (Wildman–Crippen LogP) is 3.43. The van der Waals surface area contributed by atoms with E-state index in [2.05, 4.69) is 0 Å². The summed E-state index contributed by atoms with van der Waals surface area (Å²) in [5, 5.41) is 10.0. The Kier molecular flexibility index (Phi) is 5.05. The number of halogens is 3. The maximum atomic E-state index is 12.6. The molecule has 0 spiro atoms. The van der Waals surface area contributed by atoms with Gasteiger partial charge in [0, 0.05) is 13.2 Å². The van der Waals surface area contributed by atoms with Crippen molar-refractivity contribution < 1.29 is 23.0 Å². The fraction of sp³-hybridized carbons (Fsp3) is 0.600. The first-order chi connectivity index (χ1) is 9.45. The molecule has 1 unspecified atom stereocenters. The van der Waals surface area contributed by atoms with Gasteiger partial charge in [-0.2, -0.15) is 13.2 Å². The molecule has 112 valence electrons. The number of ether oxygens (including phenoxy) is 1. The van der Waals surface area contributed by atoms with Gasteiger partial charge in [-0.15, -0.1) is 0 Å². The minimum Gasteiger partial charge on any atom is -0.393 e. The number of hydrogen-bond donors (Lipinski definition) is 1. The molecule has 1 aromatic rings. The van der Waals surface area contributed by atoms with E-state index in [-0.39, 0.29) is 6.42 Å². The molecule has 1 atom stereocenters. The van der Waals surface area contributed by atoms with Crippen LogP contribution in [0, 0.1) is 5.92 Å². The van der Waals surface area contributed by atoms with Gasteiger partial charge in [-0.05, 0) is 43.2 Å². The van der Waals surface area contributed by atoms with E-state index in [0.717, 1.165) is 25.0 Å². The first-order valence-corrected chi connectivity index (χ1v) is 6.87. The lowest BCUT2D eigenvalue weighted by Crippen LogP contribution is -2.22. The first kappa shape index (κ1) is 15.3. The SMILES string of the molecule is OC(Cc1cccc(C(F)(F)F)c1)CC1CCOCC1. The van der Waals surface area contributed by atoms with Crippen LogP contribution in [0.5, 0.6) is 0 Å². The lowest BCUT2D eigenvalue weighted by molar-refractivity contribution is -0.137. The zero-order valence-electron chi connectivity index (χ0n) is 11.2. The maximum Gasteiger partial charge on any atom is 0.416 e. The van der Waals surface area contributed by atoms with Crippen LogP contribution in [0.1, 0.15) is 30.4 Å². The van der Waals surface area contributed by atoms with Gasteiger partial charge in [0.25, 0.3) is 0 Å². The summed E-state index contributed by atoms with van der Waals surface area (Å²) in [4.78, 5) is 0. The van der Waals surface area contributed by atoms with Gasteiger partial charge in [-0.25, -0.2) is 0 Å². The second kappa shape index (κ2) is 6.59. The molecule has 0 amide bonds. The molecular weight excluding hydrogens is 269 g/mol. The van der Waals surface area contributed by atoms with Crippen LogP contribution >= 0.6 is 0 Å². The van der Waals surface area contributed by atoms with Gasteiger partial charge in [0.2, 0.25) is 0 Å². The van der Waals surface area contributed by atoms with Gasteiger partial charge in [0.05, 0.1) is 11.7 Å². The Bertz CT molecular complexity index is 425. The van der Waals surface area contributed by atoms with E-state index < -0.39 is 17.8 Å². The van der Waals surface area contributed by atoms with Crippen LogP contribution in [0.3, 0.4) is 0 Å². The number of aliphatic hydroxyl groups excluding tert-OH is 1. The van der Waals surface area contributed by atoms with Crippen molar-refractivity contribution in [3.8, 4) is 0 Å². The van der Waals surface area contributed by atoms with Crippen LogP contribution in [0.4, 0.5) is 13.2 Å². The molecule has 0 bridgehead atoms. The van der Waals surface area contributed by atoms with Gasteiger partial charge in [0.15, 0.2) is 0 Å². The van der Waals surface area contributed by atoms with Crippen LogP contribution < -0.4 is 0 Å². The van der Waals surface area contributed by atoms with Crippen molar-refractivity contribution in [2.75, 3.05) is 13.2 Å². The Morgan fingerprint density at radius 1 is 1.25 bits per heavy atom. The highest BCUT2D eigenvalue weighted by Crippen LogP contribution is 2.30.